The van der Waals surface area contributed by atoms with Crippen molar-refractivity contribution in [1.29, 1.82) is 0 Å². The smallest absolute Gasteiger partial charge is 0.254 e. The number of rotatable bonds is 3. The second kappa shape index (κ2) is 6.80. The lowest BCUT2D eigenvalue weighted by atomic mass is 9.79. The topological polar surface area (TPSA) is 54.9 Å². The summed E-state index contributed by atoms with van der Waals surface area (Å²) in [5.74, 6) is 1.49. The first-order chi connectivity index (χ1) is 13.2. The fraction of sp³-hybridized carbons (Fsp3) is 0.500. The summed E-state index contributed by atoms with van der Waals surface area (Å²) in [6, 6.07) is 5.49. The SMILES string of the molecule is O=C(c1ccc2c(c1)OCO2)N1CCC2(CCCN(Cc3nccs3)C2)C1. The number of aromatic nitrogens is 1. The Kier molecular flexibility index (Phi) is 4.28. The molecule has 1 atom stereocenters. The lowest BCUT2D eigenvalue weighted by molar-refractivity contribution is 0.0675. The summed E-state index contributed by atoms with van der Waals surface area (Å²) < 4.78 is 10.8. The number of fused-ring (bicyclic) bond motifs is 1. The fourth-order valence-corrected chi connectivity index (χ4v) is 5.28. The maximum absolute atomic E-state index is 13.0. The van der Waals surface area contributed by atoms with Crippen LogP contribution < -0.4 is 9.47 Å². The molecule has 3 aliphatic rings. The lowest BCUT2D eigenvalue weighted by Gasteiger charge is -2.40. The summed E-state index contributed by atoms with van der Waals surface area (Å²) >= 11 is 1.72. The second-order valence-electron chi connectivity index (χ2n) is 7.78. The van der Waals surface area contributed by atoms with Crippen LogP contribution in [0.3, 0.4) is 0 Å². The van der Waals surface area contributed by atoms with E-state index < -0.39 is 0 Å². The third-order valence-corrected chi connectivity index (χ3v) is 6.69. The normalized spacial score (nSPS) is 24.7. The van der Waals surface area contributed by atoms with Gasteiger partial charge in [0.1, 0.15) is 5.01 Å². The van der Waals surface area contributed by atoms with Crippen molar-refractivity contribution < 1.29 is 14.3 Å². The molecule has 5 rings (SSSR count). The van der Waals surface area contributed by atoms with Crippen LogP contribution in [0.2, 0.25) is 0 Å². The van der Waals surface area contributed by atoms with E-state index in [1.165, 1.54) is 17.8 Å². The van der Waals surface area contributed by atoms with Gasteiger partial charge in [0.15, 0.2) is 11.5 Å². The second-order valence-corrected chi connectivity index (χ2v) is 8.76. The maximum atomic E-state index is 13.0. The number of carbonyl (C=O) groups is 1. The molecule has 2 aromatic rings. The van der Waals surface area contributed by atoms with E-state index in [1.807, 2.05) is 34.7 Å². The number of carbonyl (C=O) groups excluding carboxylic acids is 1. The molecule has 0 aliphatic carbocycles. The van der Waals surface area contributed by atoms with E-state index in [4.69, 9.17) is 9.47 Å². The van der Waals surface area contributed by atoms with E-state index in [9.17, 15) is 4.79 Å². The minimum atomic E-state index is 0.0993. The molecular formula is C20H23N3O3S. The van der Waals surface area contributed by atoms with E-state index in [0.29, 0.717) is 11.3 Å². The molecule has 2 fully saturated rings. The summed E-state index contributed by atoms with van der Waals surface area (Å²) in [5, 5.41) is 3.22. The first-order valence-corrected chi connectivity index (χ1v) is 10.4. The Bertz CT molecular complexity index is 841. The van der Waals surface area contributed by atoms with E-state index >= 15 is 0 Å². The van der Waals surface area contributed by atoms with Gasteiger partial charge in [-0.15, -0.1) is 11.3 Å². The van der Waals surface area contributed by atoms with Crippen LogP contribution in [0.25, 0.3) is 0 Å². The van der Waals surface area contributed by atoms with Crippen LogP contribution in [0.4, 0.5) is 0 Å². The van der Waals surface area contributed by atoms with Gasteiger partial charge < -0.3 is 14.4 Å². The van der Waals surface area contributed by atoms with Gasteiger partial charge in [-0.05, 0) is 44.0 Å². The van der Waals surface area contributed by atoms with Gasteiger partial charge in [-0.2, -0.15) is 0 Å². The van der Waals surface area contributed by atoms with Gasteiger partial charge in [0.05, 0.1) is 6.54 Å². The average Bonchev–Trinajstić information content (AvgIpc) is 3.42. The molecule has 7 heteroatoms. The van der Waals surface area contributed by atoms with Crippen LogP contribution in [0.5, 0.6) is 11.5 Å². The van der Waals surface area contributed by atoms with Crippen LogP contribution in [0, 0.1) is 5.41 Å². The summed E-state index contributed by atoms with van der Waals surface area (Å²) in [7, 11) is 0. The third kappa shape index (κ3) is 3.30. The van der Waals surface area contributed by atoms with Crippen LogP contribution in [0.1, 0.15) is 34.6 Å². The Morgan fingerprint density at radius 1 is 1.19 bits per heavy atom. The van der Waals surface area contributed by atoms with Crippen LogP contribution in [0.15, 0.2) is 29.8 Å². The van der Waals surface area contributed by atoms with Crippen molar-refractivity contribution in [2.45, 2.75) is 25.8 Å². The van der Waals surface area contributed by atoms with Crippen molar-refractivity contribution in [1.82, 2.24) is 14.8 Å². The van der Waals surface area contributed by atoms with E-state index in [2.05, 4.69) is 9.88 Å². The number of likely N-dealkylation sites (tertiary alicyclic amines) is 2. The first kappa shape index (κ1) is 17.0. The monoisotopic (exact) mass is 385 g/mol. The number of piperidine rings is 1. The summed E-state index contributed by atoms with van der Waals surface area (Å²) in [6.07, 6.45) is 5.35. The van der Waals surface area contributed by atoms with Gasteiger partial charge in [0, 0.05) is 42.2 Å². The lowest BCUT2D eigenvalue weighted by Crippen LogP contribution is -2.45. The molecule has 0 saturated carbocycles. The van der Waals surface area contributed by atoms with Crippen molar-refractivity contribution in [3.63, 3.8) is 0 Å². The van der Waals surface area contributed by atoms with Gasteiger partial charge in [-0.25, -0.2) is 4.98 Å². The highest BCUT2D eigenvalue weighted by molar-refractivity contribution is 7.09. The number of amides is 1. The highest BCUT2D eigenvalue weighted by atomic mass is 32.1. The van der Waals surface area contributed by atoms with Gasteiger partial charge in [-0.3, -0.25) is 9.69 Å². The molecule has 2 saturated heterocycles. The van der Waals surface area contributed by atoms with E-state index in [1.54, 1.807) is 11.3 Å². The Balaban J connectivity index is 1.26. The Morgan fingerprint density at radius 3 is 3.00 bits per heavy atom. The van der Waals surface area contributed by atoms with Gasteiger partial charge in [0.2, 0.25) is 6.79 Å². The van der Waals surface area contributed by atoms with Crippen molar-refractivity contribution in [2.75, 3.05) is 33.0 Å². The third-order valence-electron chi connectivity index (χ3n) is 5.93. The molecule has 1 aromatic carbocycles. The molecule has 0 radical (unpaired) electrons. The van der Waals surface area contributed by atoms with Gasteiger partial charge >= 0.3 is 0 Å². The molecular weight excluding hydrogens is 362 g/mol. The van der Waals surface area contributed by atoms with Gasteiger partial charge in [-0.1, -0.05) is 0 Å². The Morgan fingerprint density at radius 2 is 2.11 bits per heavy atom. The first-order valence-electron chi connectivity index (χ1n) is 9.51. The zero-order valence-corrected chi connectivity index (χ0v) is 16.0. The molecule has 3 aliphatic heterocycles. The number of thiazole rings is 1. The quantitative estimate of drug-likeness (QED) is 0.813. The molecule has 1 unspecified atom stereocenters. The largest absolute Gasteiger partial charge is 0.454 e. The summed E-state index contributed by atoms with van der Waals surface area (Å²) in [6.45, 7) is 5.01. The van der Waals surface area contributed by atoms with Crippen molar-refractivity contribution in [3.05, 3.63) is 40.3 Å². The zero-order chi connectivity index (χ0) is 18.3. The molecule has 1 spiro atoms. The Hall–Kier alpha value is -2.12. The number of benzene rings is 1. The van der Waals surface area contributed by atoms with Crippen LogP contribution in [-0.4, -0.2) is 53.7 Å². The highest BCUT2D eigenvalue weighted by Gasteiger charge is 2.43. The van der Waals surface area contributed by atoms with E-state index in [-0.39, 0.29) is 18.1 Å². The molecule has 6 nitrogen and oxygen atoms in total. The maximum Gasteiger partial charge on any atom is 0.254 e. The Labute approximate surface area is 162 Å². The minimum Gasteiger partial charge on any atom is -0.454 e. The molecule has 0 N–H and O–H groups in total. The summed E-state index contributed by atoms with van der Waals surface area (Å²) in [4.78, 5) is 22.0. The molecule has 4 heterocycles. The summed E-state index contributed by atoms with van der Waals surface area (Å²) in [5.41, 5.74) is 0.911. The average molecular weight is 385 g/mol. The molecule has 27 heavy (non-hydrogen) atoms. The standard InChI is InChI=1S/C20H23N3O3S/c24-19(15-2-3-16-17(10-15)26-14-25-16)23-8-5-20(13-23)4-1-7-22(12-20)11-18-21-6-9-27-18/h2-3,6,9-10H,1,4-5,7-8,11-14H2. The predicted octanol–water partition coefficient (Wildman–Crippen LogP) is 3.00. The van der Waals surface area contributed by atoms with E-state index in [0.717, 1.165) is 44.9 Å². The van der Waals surface area contributed by atoms with Crippen molar-refractivity contribution in [3.8, 4) is 11.5 Å². The van der Waals surface area contributed by atoms with Crippen LogP contribution in [-0.2, 0) is 6.54 Å². The van der Waals surface area contributed by atoms with Crippen molar-refractivity contribution in [2.24, 2.45) is 5.41 Å². The molecule has 142 valence electrons. The number of nitrogens with zero attached hydrogens (tertiary/aromatic N) is 3. The number of ether oxygens (including phenoxy) is 2. The minimum absolute atomic E-state index is 0.0993. The predicted molar refractivity (Wildman–Crippen MR) is 102 cm³/mol. The molecule has 1 aromatic heterocycles. The van der Waals surface area contributed by atoms with Crippen molar-refractivity contribution >= 4 is 17.2 Å². The zero-order valence-electron chi connectivity index (χ0n) is 15.2. The molecule has 1 amide bonds. The van der Waals surface area contributed by atoms with Gasteiger partial charge in [0.25, 0.3) is 5.91 Å². The number of hydrogen-bond acceptors (Lipinski definition) is 6. The fourth-order valence-electron chi connectivity index (χ4n) is 4.62. The highest BCUT2D eigenvalue weighted by Crippen LogP contribution is 2.40. The molecule has 0 bridgehead atoms. The van der Waals surface area contributed by atoms with Crippen LogP contribution >= 0.6 is 11.3 Å². The number of hydrogen-bond donors (Lipinski definition) is 0.